The predicted octanol–water partition coefficient (Wildman–Crippen LogP) is 3.36. The van der Waals surface area contributed by atoms with E-state index in [2.05, 4.69) is 40.3 Å². The normalized spacial score (nSPS) is 23.6. The lowest BCUT2D eigenvalue weighted by Gasteiger charge is -2.41. The van der Waals surface area contributed by atoms with E-state index in [0.29, 0.717) is 12.0 Å². The monoisotopic (exact) mass is 355 g/mol. The summed E-state index contributed by atoms with van der Waals surface area (Å²) in [6.45, 7) is 6.82. The first-order chi connectivity index (χ1) is 12.5. The van der Waals surface area contributed by atoms with Crippen LogP contribution in [0.3, 0.4) is 0 Å². The molecule has 3 heterocycles. The maximum Gasteiger partial charge on any atom is 0.219 e. The van der Waals surface area contributed by atoms with Crippen molar-refractivity contribution in [2.24, 2.45) is 11.8 Å². The predicted molar refractivity (Wildman–Crippen MR) is 103 cm³/mol. The number of carbonyl (C=O) groups excluding carboxylic acids is 1. The van der Waals surface area contributed by atoms with Gasteiger partial charge in [-0.05, 0) is 49.5 Å². The largest absolute Gasteiger partial charge is 0.365 e. The molecule has 0 aromatic carbocycles. The number of hydrogen-bond acceptors (Lipinski definition) is 4. The zero-order chi connectivity index (χ0) is 18.3. The van der Waals surface area contributed by atoms with Gasteiger partial charge in [-0.2, -0.15) is 0 Å². The molecule has 2 fully saturated rings. The summed E-state index contributed by atoms with van der Waals surface area (Å²) >= 11 is 0. The summed E-state index contributed by atoms with van der Waals surface area (Å²) in [5, 5.41) is 4.75. The van der Waals surface area contributed by atoms with Crippen LogP contribution in [0.5, 0.6) is 0 Å². The van der Waals surface area contributed by atoms with Crippen LogP contribution in [0.25, 0.3) is 11.0 Å². The third-order valence-corrected chi connectivity index (χ3v) is 5.90. The molecular formula is C20H29N5O. The molecule has 6 heteroatoms. The molecule has 1 saturated heterocycles. The van der Waals surface area contributed by atoms with Crippen molar-refractivity contribution >= 4 is 22.8 Å². The van der Waals surface area contributed by atoms with E-state index < -0.39 is 0 Å². The highest BCUT2D eigenvalue weighted by molar-refractivity contribution is 5.90. The first-order valence-electron chi connectivity index (χ1n) is 9.87. The number of rotatable bonds is 5. The highest BCUT2D eigenvalue weighted by Crippen LogP contribution is 2.36. The molecule has 1 aliphatic heterocycles. The van der Waals surface area contributed by atoms with Gasteiger partial charge in [0.1, 0.15) is 17.8 Å². The lowest BCUT2D eigenvalue weighted by atomic mass is 9.90. The first-order valence-corrected chi connectivity index (χ1v) is 9.87. The zero-order valence-electron chi connectivity index (χ0n) is 16.0. The Morgan fingerprint density at radius 2 is 2.12 bits per heavy atom. The maximum absolute atomic E-state index is 12.1. The minimum absolute atomic E-state index is 0.166. The summed E-state index contributed by atoms with van der Waals surface area (Å²) in [6.07, 6.45) is 9.55. The van der Waals surface area contributed by atoms with Gasteiger partial charge in [-0.15, -0.1) is 0 Å². The molecule has 0 radical (unpaired) electrons. The fourth-order valence-corrected chi connectivity index (χ4v) is 4.29. The lowest BCUT2D eigenvalue weighted by Crippen LogP contribution is -2.52. The highest BCUT2D eigenvalue weighted by atomic mass is 16.2. The van der Waals surface area contributed by atoms with Crippen LogP contribution < -0.4 is 5.32 Å². The van der Waals surface area contributed by atoms with Gasteiger partial charge in [0.05, 0.1) is 5.39 Å². The topological polar surface area (TPSA) is 73.9 Å². The van der Waals surface area contributed by atoms with Crippen molar-refractivity contribution in [2.75, 3.05) is 11.9 Å². The number of likely N-dealkylation sites (tertiary alicyclic amines) is 1. The molecule has 4 rings (SSSR count). The lowest BCUT2D eigenvalue weighted by molar-refractivity contribution is -0.133. The fraction of sp³-hybridized carbons (Fsp3) is 0.650. The standard InChI is InChI=1S/C20H29N5O/c1-12(2)17-7-6-16(10-25(17)13(3)26)24-20-18-15(8-14-4-5-14)9-21-19(18)22-11-23-20/h9,11-12,14,16-17H,4-8,10H2,1-3H3,(H2,21,22,23,24)/t16-,17-/m0/s1. The molecule has 1 aliphatic carbocycles. The van der Waals surface area contributed by atoms with Crippen molar-refractivity contribution < 1.29 is 4.79 Å². The van der Waals surface area contributed by atoms with Crippen LogP contribution in [-0.4, -0.2) is 44.4 Å². The summed E-state index contributed by atoms with van der Waals surface area (Å²) in [6, 6.07) is 0.573. The van der Waals surface area contributed by atoms with Crippen molar-refractivity contribution in [3.63, 3.8) is 0 Å². The fourth-order valence-electron chi connectivity index (χ4n) is 4.29. The molecule has 6 nitrogen and oxygen atoms in total. The van der Waals surface area contributed by atoms with E-state index in [1.165, 1.54) is 18.4 Å². The van der Waals surface area contributed by atoms with E-state index >= 15 is 0 Å². The quantitative estimate of drug-likeness (QED) is 0.862. The molecule has 2 atom stereocenters. The summed E-state index contributed by atoms with van der Waals surface area (Å²) in [7, 11) is 0. The van der Waals surface area contributed by atoms with Crippen LogP contribution in [0.4, 0.5) is 5.82 Å². The number of carbonyl (C=O) groups is 1. The van der Waals surface area contributed by atoms with E-state index in [4.69, 9.17) is 0 Å². The Labute approximate surface area is 154 Å². The van der Waals surface area contributed by atoms with Gasteiger partial charge in [0.25, 0.3) is 0 Å². The third kappa shape index (κ3) is 3.41. The highest BCUT2D eigenvalue weighted by Gasteiger charge is 2.32. The Hall–Kier alpha value is -2.11. The molecular weight excluding hydrogens is 326 g/mol. The van der Waals surface area contributed by atoms with Crippen LogP contribution in [0, 0.1) is 11.8 Å². The van der Waals surface area contributed by atoms with Crippen molar-refractivity contribution in [1.82, 2.24) is 19.9 Å². The number of fused-ring (bicyclic) bond motifs is 1. The Morgan fingerprint density at radius 3 is 2.81 bits per heavy atom. The Morgan fingerprint density at radius 1 is 1.31 bits per heavy atom. The number of amides is 1. The smallest absolute Gasteiger partial charge is 0.219 e. The number of anilines is 1. The second kappa shape index (κ2) is 6.89. The molecule has 2 aromatic heterocycles. The Kier molecular flexibility index (Phi) is 4.59. The SMILES string of the molecule is CC(=O)N1C[C@@H](Nc2ncnc3[nH]cc(CC4CC4)c23)CC[C@H]1C(C)C. The maximum atomic E-state index is 12.1. The minimum atomic E-state index is 0.166. The van der Waals surface area contributed by atoms with Crippen molar-refractivity contribution in [3.8, 4) is 0 Å². The molecule has 2 N–H and O–H groups in total. The zero-order valence-corrected chi connectivity index (χ0v) is 16.0. The molecule has 0 bridgehead atoms. The van der Waals surface area contributed by atoms with Gasteiger partial charge in [0.15, 0.2) is 0 Å². The molecule has 0 unspecified atom stereocenters. The van der Waals surface area contributed by atoms with E-state index in [-0.39, 0.29) is 11.9 Å². The number of aromatic nitrogens is 3. The van der Waals surface area contributed by atoms with Crippen LogP contribution in [-0.2, 0) is 11.2 Å². The van der Waals surface area contributed by atoms with E-state index in [0.717, 1.165) is 48.6 Å². The minimum Gasteiger partial charge on any atom is -0.365 e. The number of piperidine rings is 1. The molecule has 2 aliphatic rings. The van der Waals surface area contributed by atoms with Gasteiger partial charge in [0.2, 0.25) is 5.91 Å². The van der Waals surface area contributed by atoms with Crippen molar-refractivity contribution in [1.29, 1.82) is 0 Å². The van der Waals surface area contributed by atoms with E-state index in [1.807, 2.05) is 4.90 Å². The van der Waals surface area contributed by atoms with Gasteiger partial charge in [0, 0.05) is 31.7 Å². The van der Waals surface area contributed by atoms with E-state index in [1.54, 1.807) is 13.3 Å². The van der Waals surface area contributed by atoms with Crippen LogP contribution in [0.15, 0.2) is 12.5 Å². The van der Waals surface area contributed by atoms with Crippen LogP contribution in [0.2, 0.25) is 0 Å². The average molecular weight is 355 g/mol. The van der Waals surface area contributed by atoms with Crippen LogP contribution in [0.1, 0.15) is 52.0 Å². The van der Waals surface area contributed by atoms with Gasteiger partial charge in [-0.3, -0.25) is 4.79 Å². The second-order valence-electron chi connectivity index (χ2n) is 8.31. The van der Waals surface area contributed by atoms with Crippen LogP contribution >= 0.6 is 0 Å². The Bertz CT molecular complexity index is 795. The third-order valence-electron chi connectivity index (χ3n) is 5.90. The number of hydrogen-bond donors (Lipinski definition) is 2. The second-order valence-corrected chi connectivity index (χ2v) is 8.31. The summed E-state index contributed by atoms with van der Waals surface area (Å²) in [5.74, 6) is 2.37. The van der Waals surface area contributed by atoms with Gasteiger partial charge in [-0.1, -0.05) is 13.8 Å². The van der Waals surface area contributed by atoms with Gasteiger partial charge >= 0.3 is 0 Å². The number of nitrogens with zero attached hydrogens (tertiary/aromatic N) is 3. The van der Waals surface area contributed by atoms with Crippen molar-refractivity contribution in [3.05, 3.63) is 18.1 Å². The molecule has 0 spiro atoms. The average Bonchev–Trinajstić information content (AvgIpc) is 3.33. The number of H-pyrrole nitrogens is 1. The Balaban J connectivity index is 1.55. The molecule has 2 aromatic rings. The molecule has 1 amide bonds. The number of aromatic amines is 1. The summed E-state index contributed by atoms with van der Waals surface area (Å²) in [5.41, 5.74) is 2.21. The summed E-state index contributed by atoms with van der Waals surface area (Å²) in [4.78, 5) is 26.4. The number of nitrogens with one attached hydrogen (secondary N) is 2. The van der Waals surface area contributed by atoms with Crippen molar-refractivity contribution in [2.45, 2.75) is 65.0 Å². The molecule has 140 valence electrons. The first kappa shape index (κ1) is 17.3. The van der Waals surface area contributed by atoms with Gasteiger partial charge in [-0.25, -0.2) is 9.97 Å². The van der Waals surface area contributed by atoms with Gasteiger partial charge < -0.3 is 15.2 Å². The van der Waals surface area contributed by atoms with E-state index in [9.17, 15) is 4.79 Å². The summed E-state index contributed by atoms with van der Waals surface area (Å²) < 4.78 is 0. The molecule has 1 saturated carbocycles. The molecule has 26 heavy (non-hydrogen) atoms.